The molecule has 2 rings (SSSR count). The first-order valence-electron chi connectivity index (χ1n) is 7.29. The van der Waals surface area contributed by atoms with Gasteiger partial charge in [0, 0.05) is 37.4 Å². The first kappa shape index (κ1) is 15.9. The molecule has 0 radical (unpaired) electrons. The largest absolute Gasteiger partial charge is 0.409 e. The lowest BCUT2D eigenvalue weighted by molar-refractivity contribution is 0.221. The van der Waals surface area contributed by atoms with Gasteiger partial charge in [0.1, 0.15) is 0 Å². The SMILES string of the molecule is CCN1CCC(N(C)c2ccc(C(N)=NO)c(Cl)c2)CC1. The Kier molecular flexibility index (Phi) is 5.31. The van der Waals surface area contributed by atoms with Crippen molar-refractivity contribution in [3.05, 3.63) is 28.8 Å². The van der Waals surface area contributed by atoms with Gasteiger partial charge >= 0.3 is 0 Å². The molecule has 6 heteroatoms. The Hall–Kier alpha value is -1.46. The van der Waals surface area contributed by atoms with E-state index in [4.69, 9.17) is 22.5 Å². The first-order chi connectivity index (χ1) is 10.1. The second kappa shape index (κ2) is 7.00. The number of hydrogen-bond donors (Lipinski definition) is 2. The molecule has 0 spiro atoms. The third kappa shape index (κ3) is 3.60. The van der Waals surface area contributed by atoms with E-state index in [-0.39, 0.29) is 5.84 Å². The van der Waals surface area contributed by atoms with Crippen LogP contribution in [0.1, 0.15) is 25.3 Å². The highest BCUT2D eigenvalue weighted by Crippen LogP contribution is 2.27. The van der Waals surface area contributed by atoms with E-state index in [0.29, 0.717) is 16.6 Å². The van der Waals surface area contributed by atoms with Crippen LogP contribution < -0.4 is 10.6 Å². The maximum absolute atomic E-state index is 8.73. The topological polar surface area (TPSA) is 65.1 Å². The summed E-state index contributed by atoms with van der Waals surface area (Å²) in [6.45, 7) is 5.61. The minimum absolute atomic E-state index is 0.0328. The number of anilines is 1. The summed E-state index contributed by atoms with van der Waals surface area (Å²) in [4.78, 5) is 4.74. The number of rotatable bonds is 4. The predicted octanol–water partition coefficient (Wildman–Crippen LogP) is 2.36. The van der Waals surface area contributed by atoms with Crippen LogP contribution in [0.4, 0.5) is 5.69 Å². The third-order valence-corrected chi connectivity index (χ3v) is 4.61. The van der Waals surface area contributed by atoms with Gasteiger partial charge in [-0.25, -0.2) is 0 Å². The van der Waals surface area contributed by atoms with Crippen molar-refractivity contribution in [2.45, 2.75) is 25.8 Å². The second-order valence-corrected chi connectivity index (χ2v) is 5.83. The number of nitrogens with zero attached hydrogens (tertiary/aromatic N) is 3. The van der Waals surface area contributed by atoms with E-state index >= 15 is 0 Å². The maximum atomic E-state index is 8.73. The number of nitrogens with two attached hydrogens (primary N) is 1. The van der Waals surface area contributed by atoms with E-state index in [1.165, 1.54) is 0 Å². The average Bonchev–Trinajstić information content (AvgIpc) is 2.53. The number of piperidine rings is 1. The van der Waals surface area contributed by atoms with Gasteiger partial charge in [-0.2, -0.15) is 0 Å². The third-order valence-electron chi connectivity index (χ3n) is 4.30. The summed E-state index contributed by atoms with van der Waals surface area (Å²) in [6, 6.07) is 6.16. The maximum Gasteiger partial charge on any atom is 0.171 e. The van der Waals surface area contributed by atoms with Gasteiger partial charge in [-0.1, -0.05) is 23.7 Å². The molecular weight excluding hydrogens is 288 g/mol. The van der Waals surface area contributed by atoms with Crippen LogP contribution in [0.5, 0.6) is 0 Å². The van der Waals surface area contributed by atoms with Crippen LogP contribution in [0.2, 0.25) is 5.02 Å². The average molecular weight is 311 g/mol. The van der Waals surface area contributed by atoms with Crippen LogP contribution >= 0.6 is 11.6 Å². The molecule has 3 N–H and O–H groups in total. The molecule has 1 aliphatic rings. The number of halogens is 1. The molecule has 0 aliphatic carbocycles. The fraction of sp³-hybridized carbons (Fsp3) is 0.533. The molecule has 0 aromatic heterocycles. The molecule has 116 valence electrons. The van der Waals surface area contributed by atoms with E-state index < -0.39 is 0 Å². The van der Waals surface area contributed by atoms with Gasteiger partial charge in [0.25, 0.3) is 0 Å². The summed E-state index contributed by atoms with van der Waals surface area (Å²) in [5.74, 6) is 0.0328. The Bertz CT molecular complexity index is 512. The zero-order valence-corrected chi connectivity index (χ0v) is 13.3. The number of amidine groups is 1. The molecule has 0 atom stereocenters. The highest BCUT2D eigenvalue weighted by atomic mass is 35.5. The van der Waals surface area contributed by atoms with E-state index in [0.717, 1.165) is 38.2 Å². The van der Waals surface area contributed by atoms with Crippen molar-refractivity contribution >= 4 is 23.1 Å². The van der Waals surface area contributed by atoms with Gasteiger partial charge in [0.2, 0.25) is 0 Å². The van der Waals surface area contributed by atoms with Crippen molar-refractivity contribution in [3.63, 3.8) is 0 Å². The van der Waals surface area contributed by atoms with Crippen LogP contribution in [0, 0.1) is 0 Å². The quantitative estimate of drug-likeness (QED) is 0.388. The molecule has 1 saturated heterocycles. The molecule has 1 fully saturated rings. The minimum Gasteiger partial charge on any atom is -0.409 e. The van der Waals surface area contributed by atoms with Crippen LogP contribution in [0.3, 0.4) is 0 Å². The zero-order chi connectivity index (χ0) is 15.4. The van der Waals surface area contributed by atoms with Crippen LogP contribution in [-0.4, -0.2) is 48.7 Å². The smallest absolute Gasteiger partial charge is 0.171 e. The van der Waals surface area contributed by atoms with E-state index in [1.807, 2.05) is 12.1 Å². The molecule has 1 aromatic rings. The van der Waals surface area contributed by atoms with E-state index in [1.54, 1.807) is 6.07 Å². The minimum atomic E-state index is 0.0328. The number of benzene rings is 1. The Morgan fingerprint density at radius 2 is 2.14 bits per heavy atom. The number of likely N-dealkylation sites (tertiary alicyclic amines) is 1. The van der Waals surface area contributed by atoms with Crippen molar-refractivity contribution in [1.29, 1.82) is 0 Å². The van der Waals surface area contributed by atoms with Gasteiger partial charge in [-0.3, -0.25) is 0 Å². The lowest BCUT2D eigenvalue weighted by atomic mass is 10.0. The van der Waals surface area contributed by atoms with Gasteiger partial charge < -0.3 is 20.7 Å². The zero-order valence-electron chi connectivity index (χ0n) is 12.6. The van der Waals surface area contributed by atoms with Crippen molar-refractivity contribution in [3.8, 4) is 0 Å². The molecule has 1 aliphatic heterocycles. The number of hydrogen-bond acceptors (Lipinski definition) is 4. The fourth-order valence-electron chi connectivity index (χ4n) is 2.82. The van der Waals surface area contributed by atoms with Crippen LogP contribution in [-0.2, 0) is 0 Å². The summed E-state index contributed by atoms with van der Waals surface area (Å²) in [5, 5.41) is 12.2. The Balaban J connectivity index is 2.10. The predicted molar refractivity (Wildman–Crippen MR) is 87.5 cm³/mol. The molecule has 1 heterocycles. The Morgan fingerprint density at radius 3 is 2.67 bits per heavy atom. The van der Waals surface area contributed by atoms with Crippen molar-refractivity contribution in [1.82, 2.24) is 4.90 Å². The van der Waals surface area contributed by atoms with E-state index in [2.05, 4.69) is 28.9 Å². The lowest BCUT2D eigenvalue weighted by Gasteiger charge is -2.37. The number of oxime groups is 1. The highest BCUT2D eigenvalue weighted by Gasteiger charge is 2.22. The fourth-order valence-corrected chi connectivity index (χ4v) is 3.09. The van der Waals surface area contributed by atoms with Crippen LogP contribution in [0.15, 0.2) is 23.4 Å². The standard InChI is InChI=1S/C15H23ClN4O/c1-3-20-8-6-11(7-9-20)19(2)12-4-5-13(14(16)10-12)15(17)18-21/h4-5,10-11,21H,3,6-9H2,1-2H3,(H2,17,18). The molecule has 1 aromatic carbocycles. The van der Waals surface area contributed by atoms with Gasteiger partial charge in [0.15, 0.2) is 5.84 Å². The summed E-state index contributed by atoms with van der Waals surface area (Å²) in [6.07, 6.45) is 2.31. The first-order valence-corrected chi connectivity index (χ1v) is 7.67. The Labute approximate surface area is 131 Å². The second-order valence-electron chi connectivity index (χ2n) is 5.43. The van der Waals surface area contributed by atoms with Crippen molar-refractivity contribution in [2.75, 3.05) is 31.6 Å². The molecule has 0 bridgehead atoms. The molecule has 5 nitrogen and oxygen atoms in total. The Morgan fingerprint density at radius 1 is 1.48 bits per heavy atom. The van der Waals surface area contributed by atoms with Crippen LogP contribution in [0.25, 0.3) is 0 Å². The molecule has 0 amide bonds. The summed E-state index contributed by atoms with van der Waals surface area (Å²) >= 11 is 6.22. The summed E-state index contributed by atoms with van der Waals surface area (Å²) < 4.78 is 0. The van der Waals surface area contributed by atoms with E-state index in [9.17, 15) is 0 Å². The lowest BCUT2D eigenvalue weighted by Crippen LogP contribution is -2.43. The van der Waals surface area contributed by atoms with Gasteiger partial charge in [0.05, 0.1) is 5.02 Å². The molecule has 21 heavy (non-hydrogen) atoms. The van der Waals surface area contributed by atoms with Gasteiger partial charge in [-0.05, 0) is 37.6 Å². The summed E-state index contributed by atoms with van der Waals surface area (Å²) in [7, 11) is 2.10. The van der Waals surface area contributed by atoms with Crippen molar-refractivity contribution < 1.29 is 5.21 Å². The molecule has 0 saturated carbocycles. The highest BCUT2D eigenvalue weighted by molar-refractivity contribution is 6.34. The molecular formula is C15H23ClN4O. The van der Waals surface area contributed by atoms with Gasteiger partial charge in [-0.15, -0.1) is 0 Å². The van der Waals surface area contributed by atoms with Crippen molar-refractivity contribution in [2.24, 2.45) is 10.9 Å². The normalized spacial score (nSPS) is 18.0. The monoisotopic (exact) mass is 310 g/mol. The summed E-state index contributed by atoms with van der Waals surface area (Å²) in [5.41, 5.74) is 7.20. The molecule has 0 unspecified atom stereocenters.